The van der Waals surface area contributed by atoms with Crippen LogP contribution in [0.5, 0.6) is 0 Å². The molecule has 7 nitrogen and oxygen atoms in total. The van der Waals surface area contributed by atoms with Crippen LogP contribution in [-0.2, 0) is 12.8 Å². The van der Waals surface area contributed by atoms with Crippen molar-refractivity contribution in [1.29, 1.82) is 0 Å². The van der Waals surface area contributed by atoms with Crippen molar-refractivity contribution < 1.29 is 13.2 Å². The maximum Gasteiger partial charge on any atom is 0.490 e. The highest BCUT2D eigenvalue weighted by Crippen LogP contribution is 2.44. The SMILES string of the molecule is FC(F)(F)n1ccc2c(-c3nc(CNC4CCNCC4)c4c(C5CC5)cnc(Cl)c4n3)ccnc21. The van der Waals surface area contributed by atoms with Gasteiger partial charge >= 0.3 is 6.30 Å². The number of hydrogen-bond donors (Lipinski definition) is 2. The zero-order valence-corrected chi connectivity index (χ0v) is 19.5. The van der Waals surface area contributed by atoms with Gasteiger partial charge < -0.3 is 10.6 Å². The quantitative estimate of drug-likeness (QED) is 0.379. The first-order chi connectivity index (χ1) is 16.9. The van der Waals surface area contributed by atoms with Crippen LogP contribution in [0.2, 0.25) is 5.15 Å². The van der Waals surface area contributed by atoms with Crippen molar-refractivity contribution in [2.24, 2.45) is 0 Å². The minimum Gasteiger partial charge on any atom is -0.317 e. The van der Waals surface area contributed by atoms with Crippen LogP contribution < -0.4 is 10.6 Å². The van der Waals surface area contributed by atoms with Crippen molar-refractivity contribution in [1.82, 2.24) is 35.1 Å². The van der Waals surface area contributed by atoms with Crippen LogP contribution in [0, 0.1) is 0 Å². The highest BCUT2D eigenvalue weighted by Gasteiger charge is 2.33. The Labute approximate surface area is 204 Å². The Bertz CT molecular complexity index is 1410. The van der Waals surface area contributed by atoms with Crippen LogP contribution in [0.25, 0.3) is 33.3 Å². The summed E-state index contributed by atoms with van der Waals surface area (Å²) in [7, 11) is 0. The lowest BCUT2D eigenvalue weighted by atomic mass is 10.0. The summed E-state index contributed by atoms with van der Waals surface area (Å²) in [5, 5.41) is 8.46. The fraction of sp³-hybridized carbons (Fsp3) is 0.417. The number of nitrogens with one attached hydrogen (secondary N) is 2. The molecule has 0 spiro atoms. The predicted molar refractivity (Wildman–Crippen MR) is 127 cm³/mol. The first kappa shape index (κ1) is 22.6. The Morgan fingerprint density at radius 1 is 1.09 bits per heavy atom. The summed E-state index contributed by atoms with van der Waals surface area (Å²) < 4.78 is 40.6. The van der Waals surface area contributed by atoms with E-state index in [1.54, 1.807) is 6.07 Å². The van der Waals surface area contributed by atoms with Crippen LogP contribution in [0.1, 0.15) is 42.9 Å². The number of fused-ring (bicyclic) bond motifs is 2. The molecule has 4 aromatic heterocycles. The summed E-state index contributed by atoms with van der Waals surface area (Å²) in [4.78, 5) is 18.0. The van der Waals surface area contributed by atoms with Crippen molar-refractivity contribution in [3.8, 4) is 11.4 Å². The predicted octanol–water partition coefficient (Wildman–Crippen LogP) is 4.89. The maximum atomic E-state index is 13.5. The zero-order valence-electron chi connectivity index (χ0n) is 18.7. The van der Waals surface area contributed by atoms with E-state index in [0.29, 0.717) is 40.8 Å². The minimum atomic E-state index is -4.58. The first-order valence-corrected chi connectivity index (χ1v) is 12.1. The van der Waals surface area contributed by atoms with Gasteiger partial charge in [0.2, 0.25) is 0 Å². The van der Waals surface area contributed by atoms with Crippen LogP contribution >= 0.6 is 11.6 Å². The van der Waals surface area contributed by atoms with Gasteiger partial charge in [-0.1, -0.05) is 11.6 Å². The molecular weight excluding hydrogens is 479 g/mol. The Hall–Kier alpha value is -2.82. The topological polar surface area (TPSA) is 80.5 Å². The molecule has 1 aliphatic heterocycles. The molecule has 11 heteroatoms. The maximum absolute atomic E-state index is 13.5. The molecule has 0 unspecified atom stereocenters. The van der Waals surface area contributed by atoms with Gasteiger partial charge in [0.05, 0.1) is 5.69 Å². The molecule has 0 atom stereocenters. The lowest BCUT2D eigenvalue weighted by molar-refractivity contribution is -0.201. The van der Waals surface area contributed by atoms with Crippen molar-refractivity contribution in [2.45, 2.75) is 50.5 Å². The van der Waals surface area contributed by atoms with E-state index >= 15 is 0 Å². The smallest absolute Gasteiger partial charge is 0.317 e. The van der Waals surface area contributed by atoms with Crippen LogP contribution in [0.4, 0.5) is 13.2 Å². The van der Waals surface area contributed by atoms with Gasteiger partial charge in [0.25, 0.3) is 0 Å². The van der Waals surface area contributed by atoms with E-state index < -0.39 is 6.30 Å². The fourth-order valence-electron chi connectivity index (χ4n) is 4.87. The van der Waals surface area contributed by atoms with Gasteiger partial charge in [-0.2, -0.15) is 0 Å². The van der Waals surface area contributed by atoms with E-state index in [1.807, 2.05) is 6.20 Å². The number of aromatic nitrogens is 5. The number of nitrogens with zero attached hydrogens (tertiary/aromatic N) is 5. The van der Waals surface area contributed by atoms with Gasteiger partial charge in [-0.3, -0.25) is 0 Å². The van der Waals surface area contributed by atoms with E-state index in [0.717, 1.165) is 61.6 Å². The van der Waals surface area contributed by atoms with Crippen LogP contribution in [0.3, 0.4) is 0 Å². The lowest BCUT2D eigenvalue weighted by Crippen LogP contribution is -2.39. The second kappa shape index (κ2) is 8.69. The van der Waals surface area contributed by atoms with Gasteiger partial charge in [0, 0.05) is 47.5 Å². The van der Waals surface area contributed by atoms with Gasteiger partial charge in [0.15, 0.2) is 11.0 Å². The molecule has 6 rings (SSSR count). The molecule has 35 heavy (non-hydrogen) atoms. The Kier molecular flexibility index (Phi) is 5.62. The van der Waals surface area contributed by atoms with Crippen molar-refractivity contribution in [2.75, 3.05) is 13.1 Å². The largest absolute Gasteiger partial charge is 0.490 e. The average molecular weight is 502 g/mol. The molecule has 2 N–H and O–H groups in total. The van der Waals surface area contributed by atoms with E-state index in [4.69, 9.17) is 21.6 Å². The van der Waals surface area contributed by atoms with Gasteiger partial charge in [-0.05, 0) is 62.4 Å². The molecule has 1 saturated carbocycles. The second-order valence-corrected chi connectivity index (χ2v) is 9.51. The lowest BCUT2D eigenvalue weighted by Gasteiger charge is -2.24. The highest BCUT2D eigenvalue weighted by atomic mass is 35.5. The average Bonchev–Trinajstić information content (AvgIpc) is 3.59. The summed E-state index contributed by atoms with van der Waals surface area (Å²) in [6.45, 7) is 2.43. The highest BCUT2D eigenvalue weighted by molar-refractivity contribution is 6.34. The fourth-order valence-corrected chi connectivity index (χ4v) is 5.05. The Morgan fingerprint density at radius 2 is 1.89 bits per heavy atom. The molecule has 5 heterocycles. The molecule has 0 aromatic carbocycles. The molecule has 2 aliphatic rings. The third-order valence-corrected chi connectivity index (χ3v) is 7.08. The van der Waals surface area contributed by atoms with E-state index in [2.05, 4.69) is 20.6 Å². The third kappa shape index (κ3) is 4.23. The number of piperidine rings is 1. The number of halogens is 4. The summed E-state index contributed by atoms with van der Waals surface area (Å²) in [5.41, 5.74) is 2.68. The molecule has 2 fully saturated rings. The summed E-state index contributed by atoms with van der Waals surface area (Å²) >= 11 is 6.52. The summed E-state index contributed by atoms with van der Waals surface area (Å²) in [5.74, 6) is 0.714. The number of hydrogen-bond acceptors (Lipinski definition) is 6. The summed E-state index contributed by atoms with van der Waals surface area (Å²) in [6.07, 6.45) is 3.76. The molecule has 1 aliphatic carbocycles. The third-order valence-electron chi connectivity index (χ3n) is 6.80. The molecule has 1 saturated heterocycles. The standard InChI is InChI=1S/C24H23ClF3N7/c25-21-20-19(17(11-32-21)13-1-2-13)18(12-31-14-3-7-29-8-4-14)33-22(34-20)15-5-9-30-23-16(15)6-10-35(23)24(26,27)28/h5-6,9-11,13-14,29,31H,1-4,7-8,12H2. The van der Waals surface area contributed by atoms with Crippen molar-refractivity contribution in [3.63, 3.8) is 0 Å². The van der Waals surface area contributed by atoms with Gasteiger partial charge in [0.1, 0.15) is 11.2 Å². The molecule has 0 bridgehead atoms. The molecule has 0 radical (unpaired) electrons. The van der Waals surface area contributed by atoms with E-state index in [-0.39, 0.29) is 15.4 Å². The number of pyridine rings is 2. The normalized spacial score (nSPS) is 17.5. The second-order valence-electron chi connectivity index (χ2n) is 9.15. The van der Waals surface area contributed by atoms with Crippen LogP contribution in [-0.4, -0.2) is 43.6 Å². The van der Waals surface area contributed by atoms with Gasteiger partial charge in [-0.15, -0.1) is 13.2 Å². The first-order valence-electron chi connectivity index (χ1n) is 11.7. The Balaban J connectivity index is 1.51. The molecule has 182 valence electrons. The number of rotatable bonds is 5. The van der Waals surface area contributed by atoms with Crippen molar-refractivity contribution >= 4 is 33.5 Å². The molecular formula is C24H23ClF3N7. The van der Waals surface area contributed by atoms with Crippen molar-refractivity contribution in [3.05, 3.63) is 47.1 Å². The Morgan fingerprint density at radius 3 is 2.63 bits per heavy atom. The monoisotopic (exact) mass is 501 g/mol. The number of alkyl halides is 3. The minimum absolute atomic E-state index is 0.191. The zero-order chi connectivity index (χ0) is 24.2. The van der Waals surface area contributed by atoms with E-state index in [9.17, 15) is 13.2 Å². The van der Waals surface area contributed by atoms with E-state index in [1.165, 1.54) is 12.3 Å². The molecule has 0 amide bonds. The van der Waals surface area contributed by atoms with Crippen LogP contribution in [0.15, 0.2) is 30.7 Å². The summed E-state index contributed by atoms with van der Waals surface area (Å²) in [6, 6.07) is 3.40. The van der Waals surface area contributed by atoms with Gasteiger partial charge in [-0.25, -0.2) is 24.5 Å². The molecule has 4 aromatic rings.